The number of ether oxygens (including phenoxy) is 4. The van der Waals surface area contributed by atoms with E-state index in [2.05, 4.69) is 86.6 Å². The van der Waals surface area contributed by atoms with E-state index in [1.165, 1.54) is 22.3 Å². The maximum atomic E-state index is 13.6. The van der Waals surface area contributed by atoms with Crippen LogP contribution in [-0.2, 0) is 31.9 Å². The van der Waals surface area contributed by atoms with E-state index >= 15 is 0 Å². The van der Waals surface area contributed by atoms with Gasteiger partial charge in [-0.05, 0) is 107 Å². The maximum Gasteiger partial charge on any atom is 0.311 e. The van der Waals surface area contributed by atoms with Crippen molar-refractivity contribution in [1.29, 1.82) is 0 Å². The van der Waals surface area contributed by atoms with E-state index in [0.717, 1.165) is 83.4 Å². The molecule has 6 nitrogen and oxygen atoms in total. The van der Waals surface area contributed by atoms with Crippen LogP contribution in [-0.4, -0.2) is 36.4 Å². The summed E-state index contributed by atoms with van der Waals surface area (Å²) in [6.07, 6.45) is 8.61. The van der Waals surface area contributed by atoms with E-state index in [9.17, 15) is 9.59 Å². The Kier molecular flexibility index (Phi) is 7.91. The van der Waals surface area contributed by atoms with E-state index in [1.807, 2.05) is 0 Å². The summed E-state index contributed by atoms with van der Waals surface area (Å²) in [6, 6.07) is 25.8. The maximum absolute atomic E-state index is 13.6. The van der Waals surface area contributed by atoms with Crippen molar-refractivity contribution in [3.63, 3.8) is 0 Å². The molecule has 4 fully saturated rings. The summed E-state index contributed by atoms with van der Waals surface area (Å²) in [5.41, 5.74) is 11.8. The lowest BCUT2D eigenvalue weighted by Crippen LogP contribution is -2.22. The van der Waals surface area contributed by atoms with Crippen molar-refractivity contribution >= 4 is 11.9 Å². The number of carbonyl (C=O) groups excluding carboxylic acids is 2. The number of esters is 2. The second-order valence-electron chi connectivity index (χ2n) is 16.4. The molecule has 2 saturated carbocycles. The highest BCUT2D eigenvalue weighted by molar-refractivity contribution is 5.84. The molecule has 2 aliphatic heterocycles. The predicted molar refractivity (Wildman–Crippen MR) is 199 cm³/mol. The molecule has 6 heteroatoms. The molecule has 2 heterocycles. The Labute approximate surface area is 305 Å². The molecule has 0 aromatic heterocycles. The Bertz CT molecular complexity index is 1950. The summed E-state index contributed by atoms with van der Waals surface area (Å²) < 4.78 is 24.5. The summed E-state index contributed by atoms with van der Waals surface area (Å²) in [7, 11) is 0. The van der Waals surface area contributed by atoms with Crippen molar-refractivity contribution in [3.05, 3.63) is 106 Å². The molecular weight excluding hydrogens is 648 g/mol. The van der Waals surface area contributed by atoms with E-state index < -0.39 is 0 Å². The van der Waals surface area contributed by atoms with Crippen molar-refractivity contribution < 1.29 is 28.5 Å². The van der Waals surface area contributed by atoms with Gasteiger partial charge in [-0.2, -0.15) is 0 Å². The highest BCUT2D eigenvalue weighted by Crippen LogP contribution is 2.54. The Balaban J connectivity index is 0.829. The average molecular weight is 695 g/mol. The van der Waals surface area contributed by atoms with Crippen LogP contribution in [0.5, 0.6) is 11.5 Å². The molecule has 10 rings (SSSR count). The summed E-state index contributed by atoms with van der Waals surface area (Å²) in [6.45, 7) is 4.60. The molecule has 6 aliphatic rings. The zero-order chi connectivity index (χ0) is 35.1. The minimum absolute atomic E-state index is 0.240. The van der Waals surface area contributed by atoms with E-state index in [4.69, 9.17) is 18.9 Å². The van der Waals surface area contributed by atoms with Crippen molar-refractivity contribution in [1.82, 2.24) is 0 Å². The molecule has 0 amide bonds. The van der Waals surface area contributed by atoms with Gasteiger partial charge in [0.05, 0.1) is 24.4 Å². The molecule has 0 radical (unpaired) electrons. The van der Waals surface area contributed by atoms with E-state index in [-0.39, 0.29) is 24.8 Å². The quantitative estimate of drug-likeness (QED) is 0.0650. The van der Waals surface area contributed by atoms with Gasteiger partial charge in [0.2, 0.25) is 0 Å². The van der Waals surface area contributed by atoms with Crippen LogP contribution in [0.3, 0.4) is 0 Å². The highest BCUT2D eigenvalue weighted by atomic mass is 16.6. The molecule has 8 atom stereocenters. The smallest absolute Gasteiger partial charge is 0.311 e. The Morgan fingerprint density at radius 2 is 0.981 bits per heavy atom. The van der Waals surface area contributed by atoms with Crippen LogP contribution in [0.2, 0.25) is 0 Å². The number of carbonyl (C=O) groups is 2. The summed E-state index contributed by atoms with van der Waals surface area (Å²) in [5.74, 6) is 2.52. The molecule has 4 aliphatic carbocycles. The molecule has 2 saturated heterocycles. The average Bonchev–Trinajstić information content (AvgIpc) is 4.01. The summed E-state index contributed by atoms with van der Waals surface area (Å²) in [5, 5.41) is 0. The monoisotopic (exact) mass is 694 g/mol. The van der Waals surface area contributed by atoms with Crippen LogP contribution >= 0.6 is 0 Å². The first-order chi connectivity index (χ1) is 25.4. The number of epoxide rings is 2. The largest absolute Gasteiger partial charge is 0.426 e. The number of rotatable bonds is 9. The Morgan fingerprint density at radius 3 is 1.44 bits per heavy atom. The van der Waals surface area contributed by atoms with Crippen LogP contribution < -0.4 is 9.47 Å². The molecule has 0 spiro atoms. The van der Waals surface area contributed by atoms with Gasteiger partial charge in [0.15, 0.2) is 0 Å². The fraction of sp³-hybridized carbons (Fsp3) is 0.435. The fourth-order valence-electron chi connectivity index (χ4n) is 10.2. The predicted octanol–water partition coefficient (Wildman–Crippen LogP) is 9.46. The van der Waals surface area contributed by atoms with Crippen molar-refractivity contribution in [2.24, 2.45) is 11.8 Å². The molecule has 0 N–H and O–H groups in total. The van der Waals surface area contributed by atoms with Gasteiger partial charge in [-0.1, -0.05) is 86.6 Å². The number of hydrogen-bond acceptors (Lipinski definition) is 6. The van der Waals surface area contributed by atoms with Crippen molar-refractivity contribution in [3.8, 4) is 33.8 Å². The second kappa shape index (κ2) is 12.7. The lowest BCUT2D eigenvalue weighted by atomic mass is 9.75. The highest BCUT2D eigenvalue weighted by Gasteiger charge is 2.49. The van der Waals surface area contributed by atoms with Crippen molar-refractivity contribution in [2.75, 3.05) is 0 Å². The molecule has 0 bridgehead atoms. The van der Waals surface area contributed by atoms with Crippen molar-refractivity contribution in [2.45, 2.75) is 114 Å². The molecule has 4 aromatic carbocycles. The molecule has 52 heavy (non-hydrogen) atoms. The van der Waals surface area contributed by atoms with E-state index in [0.29, 0.717) is 60.9 Å². The number of unbranched alkanes of at least 4 members (excludes halogenated alkanes) is 1. The normalized spacial score (nSPS) is 28.4. The van der Waals surface area contributed by atoms with Gasteiger partial charge in [0.1, 0.15) is 11.5 Å². The van der Waals surface area contributed by atoms with Gasteiger partial charge in [0, 0.05) is 36.8 Å². The topological polar surface area (TPSA) is 77.7 Å². The first kappa shape index (κ1) is 32.4. The summed E-state index contributed by atoms with van der Waals surface area (Å²) in [4.78, 5) is 27.1. The minimum atomic E-state index is -0.240. The standard InChI is InChI=1S/C46H46O6/c1-25-19-39-41(49-39)23-35(25)33-17-15-31-29-11-5-3-9-27(29)21-37(31)45(33)51-43(47)13-7-8-14-44(48)52-46-34(36-24-42-40(50-42)20-26(36)2)18-16-32-30-12-6-4-10-28(30)22-38(32)46/h3-6,9-12,15-18,25-26,35-36,39-42H,7-8,13-14,19-24H2,1-2H3. The second-order valence-corrected chi connectivity index (χ2v) is 16.4. The van der Waals surface area contributed by atoms with Crippen LogP contribution in [0.4, 0.5) is 0 Å². The number of fused-ring (bicyclic) bond motifs is 8. The van der Waals surface area contributed by atoms with Gasteiger partial charge in [0.25, 0.3) is 0 Å². The van der Waals surface area contributed by atoms with E-state index in [1.54, 1.807) is 0 Å². The summed E-state index contributed by atoms with van der Waals surface area (Å²) >= 11 is 0. The van der Waals surface area contributed by atoms with Gasteiger partial charge < -0.3 is 18.9 Å². The number of hydrogen-bond donors (Lipinski definition) is 0. The lowest BCUT2D eigenvalue weighted by Gasteiger charge is -2.29. The SMILES string of the molecule is CC1CC2OC2CC1c1ccc2c(c1OC(=O)CCCCC(=O)Oc1c(C3CC4OC4CC3C)ccc3c1Cc1ccccc1-3)Cc1ccccc1-2. The lowest BCUT2D eigenvalue weighted by molar-refractivity contribution is -0.136. The first-order valence-electron chi connectivity index (χ1n) is 19.6. The third-order valence-electron chi connectivity index (χ3n) is 13.1. The molecule has 8 unspecified atom stereocenters. The zero-order valence-electron chi connectivity index (χ0n) is 30.1. The minimum Gasteiger partial charge on any atom is -0.426 e. The molecule has 266 valence electrons. The Hall–Kier alpha value is -4.26. The van der Waals surface area contributed by atoms with Crippen LogP contribution in [0.1, 0.15) is 110 Å². The third-order valence-corrected chi connectivity index (χ3v) is 13.1. The van der Waals surface area contributed by atoms with Gasteiger partial charge >= 0.3 is 11.9 Å². The fourth-order valence-corrected chi connectivity index (χ4v) is 10.2. The molecular formula is C46H46O6. The third kappa shape index (κ3) is 5.70. The van der Waals surface area contributed by atoms with Crippen LogP contribution in [0, 0.1) is 11.8 Å². The van der Waals surface area contributed by atoms with Gasteiger partial charge in [-0.15, -0.1) is 0 Å². The zero-order valence-corrected chi connectivity index (χ0v) is 30.1. The Morgan fingerprint density at radius 1 is 0.558 bits per heavy atom. The van der Waals surface area contributed by atoms with Gasteiger partial charge in [-0.25, -0.2) is 0 Å². The van der Waals surface area contributed by atoms with Gasteiger partial charge in [-0.3, -0.25) is 9.59 Å². The van der Waals surface area contributed by atoms with Crippen LogP contribution in [0.25, 0.3) is 22.3 Å². The number of benzene rings is 4. The first-order valence-corrected chi connectivity index (χ1v) is 19.6. The van der Waals surface area contributed by atoms with Crippen LogP contribution in [0.15, 0.2) is 72.8 Å². The molecule has 4 aromatic rings.